The van der Waals surface area contributed by atoms with Crippen molar-refractivity contribution in [3.05, 3.63) is 37.4 Å². The molecule has 10 heteroatoms. The van der Waals surface area contributed by atoms with Crippen molar-refractivity contribution in [1.29, 1.82) is 0 Å². The Hall–Kier alpha value is -2.72. The summed E-state index contributed by atoms with van der Waals surface area (Å²) >= 11 is 0. The van der Waals surface area contributed by atoms with E-state index in [2.05, 4.69) is 48.0 Å². The average molecular weight is 370 g/mol. The molecule has 0 aromatic carbocycles. The first-order valence-corrected chi connectivity index (χ1v) is 7.92. The minimum absolute atomic E-state index is 1.06. The summed E-state index contributed by atoms with van der Waals surface area (Å²) < 4.78 is 8.31. The monoisotopic (exact) mass is 370 g/mol. The molecule has 146 valence electrons. The predicted molar refractivity (Wildman–Crippen MR) is 84.6 cm³/mol. The Morgan fingerprint density at radius 1 is 0.885 bits per heavy atom. The van der Waals surface area contributed by atoms with Gasteiger partial charge >= 0.3 is 0 Å². The van der Waals surface area contributed by atoms with E-state index in [-0.39, 0.29) is 0 Å². The van der Waals surface area contributed by atoms with E-state index < -0.39 is 24.1 Å². The number of hydrogen-bond acceptors (Lipinski definition) is 6. The van der Waals surface area contributed by atoms with Crippen molar-refractivity contribution in [2.24, 2.45) is 14.1 Å². The molecular formula is C16H26N4O6. The van der Waals surface area contributed by atoms with Crippen LogP contribution in [0.2, 0.25) is 0 Å². The van der Waals surface area contributed by atoms with Crippen molar-refractivity contribution < 1.29 is 39.1 Å². The van der Waals surface area contributed by atoms with E-state index in [1.165, 1.54) is 0 Å². The summed E-state index contributed by atoms with van der Waals surface area (Å²) in [7, 11) is 4.04. The number of carboxylic acid groups (broad SMARTS) is 2. The lowest BCUT2D eigenvalue weighted by molar-refractivity contribution is -0.671. The molecule has 0 aliphatic rings. The van der Waals surface area contributed by atoms with Crippen LogP contribution in [0.3, 0.4) is 0 Å². The van der Waals surface area contributed by atoms with Crippen LogP contribution in [0.4, 0.5) is 0 Å². The second kappa shape index (κ2) is 11.8. The van der Waals surface area contributed by atoms with Gasteiger partial charge in [-0.3, -0.25) is 0 Å². The molecule has 0 fully saturated rings. The molecule has 26 heavy (non-hydrogen) atoms. The van der Waals surface area contributed by atoms with Crippen molar-refractivity contribution in [2.45, 2.75) is 39.1 Å². The number of hydrogen-bond donors (Lipinski definition) is 2. The Labute approximate surface area is 151 Å². The topological polar surface area (TPSA) is 138 Å². The van der Waals surface area contributed by atoms with E-state index in [0.29, 0.717) is 0 Å². The van der Waals surface area contributed by atoms with Crippen LogP contribution in [0.5, 0.6) is 0 Å². The van der Waals surface area contributed by atoms with E-state index in [1.807, 2.05) is 35.6 Å². The van der Waals surface area contributed by atoms with Crippen LogP contribution in [0.25, 0.3) is 0 Å². The number of carbonyl (C=O) groups excluding carboxylic acids is 2. The van der Waals surface area contributed by atoms with Gasteiger partial charge in [-0.2, -0.15) is 0 Å². The van der Waals surface area contributed by atoms with Crippen LogP contribution in [0.1, 0.15) is 13.8 Å². The lowest BCUT2D eigenvalue weighted by Gasteiger charge is -2.18. The summed E-state index contributed by atoms with van der Waals surface area (Å²) in [4.78, 5) is 19.3. The fourth-order valence-electron chi connectivity index (χ4n) is 1.64. The first kappa shape index (κ1) is 23.3. The highest BCUT2D eigenvalue weighted by molar-refractivity contribution is 5.80. The first-order valence-electron chi connectivity index (χ1n) is 7.92. The molecule has 2 N–H and O–H groups in total. The number of aliphatic carboxylic acids is 2. The van der Waals surface area contributed by atoms with Gasteiger partial charge in [0.25, 0.3) is 0 Å². The molecule has 2 atom stereocenters. The van der Waals surface area contributed by atoms with Gasteiger partial charge in [0.1, 0.15) is 37.0 Å². The molecule has 2 aromatic rings. The quantitative estimate of drug-likeness (QED) is 0.513. The fourth-order valence-corrected chi connectivity index (χ4v) is 1.64. The second-order valence-electron chi connectivity index (χ2n) is 5.35. The maximum atomic E-state index is 9.63. The van der Waals surface area contributed by atoms with Gasteiger partial charge in [0.15, 0.2) is 0 Å². The van der Waals surface area contributed by atoms with Crippen LogP contribution < -0.4 is 19.3 Å². The number of carbonyl (C=O) groups is 2. The largest absolute Gasteiger partial charge is 0.547 e. The summed E-state index contributed by atoms with van der Waals surface area (Å²) in [5.74, 6) is -4.12. The minimum atomic E-state index is -2.44. The van der Waals surface area contributed by atoms with Gasteiger partial charge in [0.05, 0.1) is 39.1 Å². The number of rotatable bonds is 5. The van der Waals surface area contributed by atoms with Crippen molar-refractivity contribution >= 4 is 11.9 Å². The van der Waals surface area contributed by atoms with Crippen LogP contribution in [0.15, 0.2) is 37.4 Å². The Balaban J connectivity index is 0.000000363. The van der Waals surface area contributed by atoms with Crippen molar-refractivity contribution in [1.82, 2.24) is 9.13 Å². The molecular weight excluding hydrogens is 344 g/mol. The van der Waals surface area contributed by atoms with E-state index in [9.17, 15) is 19.8 Å². The summed E-state index contributed by atoms with van der Waals surface area (Å²) in [6.45, 7) is 6.36. The number of aliphatic hydroxyl groups is 2. The van der Waals surface area contributed by atoms with Crippen molar-refractivity contribution in [3.63, 3.8) is 0 Å². The number of carboxylic acids is 2. The summed E-state index contributed by atoms with van der Waals surface area (Å²) in [5, 5.41) is 35.7. The summed E-state index contributed by atoms with van der Waals surface area (Å²) in [6, 6.07) is 0. The zero-order valence-electron chi connectivity index (χ0n) is 15.3. The van der Waals surface area contributed by atoms with Crippen molar-refractivity contribution in [2.75, 3.05) is 0 Å². The van der Waals surface area contributed by atoms with E-state index >= 15 is 0 Å². The molecule has 0 saturated heterocycles. The van der Waals surface area contributed by atoms with Gasteiger partial charge in [-0.05, 0) is 13.8 Å². The number of aryl methyl sites for hydroxylation is 4. The number of imidazole rings is 2. The molecule has 0 radical (unpaired) electrons. The molecule has 0 bridgehead atoms. The molecule has 0 aliphatic heterocycles. The Morgan fingerprint density at radius 3 is 1.31 bits per heavy atom. The zero-order valence-corrected chi connectivity index (χ0v) is 15.3. The number of aliphatic hydroxyl groups excluding tert-OH is 2. The smallest absolute Gasteiger partial charge is 0.243 e. The highest BCUT2D eigenvalue weighted by Gasteiger charge is 2.17. The van der Waals surface area contributed by atoms with Gasteiger partial charge in [-0.15, -0.1) is 0 Å². The SMILES string of the molecule is CCn1cc[n+](C)c1.CCn1cc[n+](C)c1.O=C([O-])[C@@H](O)[C@H](O)C(=O)[O-]. The van der Waals surface area contributed by atoms with Crippen LogP contribution in [-0.2, 0) is 36.8 Å². The predicted octanol–water partition coefficient (Wildman–Crippen LogP) is -4.13. The first-order chi connectivity index (χ1) is 12.1. The molecule has 10 nitrogen and oxygen atoms in total. The van der Waals surface area contributed by atoms with Gasteiger partial charge < -0.3 is 30.0 Å². The van der Waals surface area contributed by atoms with Gasteiger partial charge in [-0.1, -0.05) is 0 Å². The van der Waals surface area contributed by atoms with E-state index in [1.54, 1.807) is 0 Å². The Kier molecular flexibility index (Phi) is 10.5. The third-order valence-corrected chi connectivity index (χ3v) is 3.16. The van der Waals surface area contributed by atoms with Gasteiger partial charge in [0, 0.05) is 0 Å². The standard InChI is InChI=1S/2C6H11N2.C4H6O6/c2*1-3-8-5-4-7(2)6-8;5-1(3(7)8)2(6)4(9)10/h2*4-6H,3H2,1-2H3;1-2,5-6H,(H,7,8)(H,9,10)/q2*+1;/p-2/t;;1-,2-/m..0/s1. The molecule has 0 spiro atoms. The lowest BCUT2D eigenvalue weighted by atomic mass is 10.2. The third kappa shape index (κ3) is 8.94. The van der Waals surface area contributed by atoms with Crippen LogP contribution >= 0.6 is 0 Å². The van der Waals surface area contributed by atoms with E-state index in [0.717, 1.165) is 13.1 Å². The average Bonchev–Trinajstić information content (AvgIpc) is 3.22. The maximum Gasteiger partial charge on any atom is 0.243 e. The minimum Gasteiger partial charge on any atom is -0.547 e. The van der Waals surface area contributed by atoms with Crippen molar-refractivity contribution in [3.8, 4) is 0 Å². The number of nitrogens with zero attached hydrogens (tertiary/aromatic N) is 4. The van der Waals surface area contributed by atoms with E-state index in [4.69, 9.17) is 10.2 Å². The molecule has 2 heterocycles. The Bertz CT molecular complexity index is 624. The van der Waals surface area contributed by atoms with Gasteiger partial charge in [-0.25, -0.2) is 18.3 Å². The zero-order chi connectivity index (χ0) is 20.3. The molecule has 0 unspecified atom stereocenters. The second-order valence-corrected chi connectivity index (χ2v) is 5.35. The lowest BCUT2D eigenvalue weighted by Crippen LogP contribution is -2.51. The van der Waals surface area contributed by atoms with Crippen LogP contribution in [0, 0.1) is 0 Å². The van der Waals surface area contributed by atoms with Gasteiger partial charge in [0.2, 0.25) is 12.7 Å². The molecule has 2 rings (SSSR count). The summed E-state index contributed by atoms with van der Waals surface area (Å²) in [5.41, 5.74) is 0. The summed E-state index contributed by atoms with van der Waals surface area (Å²) in [6.07, 6.45) is 7.41. The highest BCUT2D eigenvalue weighted by Crippen LogP contribution is 1.89. The fraction of sp³-hybridized carbons (Fsp3) is 0.500. The molecule has 0 aliphatic carbocycles. The number of aromatic nitrogens is 4. The molecule has 2 aromatic heterocycles. The normalized spacial score (nSPS) is 12.1. The third-order valence-electron chi connectivity index (χ3n) is 3.16. The highest BCUT2D eigenvalue weighted by atomic mass is 16.4. The Morgan fingerprint density at radius 2 is 1.19 bits per heavy atom. The van der Waals surface area contributed by atoms with Crippen LogP contribution in [-0.4, -0.2) is 43.5 Å². The molecule has 0 amide bonds. The maximum absolute atomic E-state index is 9.63. The molecule has 0 saturated carbocycles.